The third-order valence-corrected chi connectivity index (χ3v) is 11.1. The zero-order chi connectivity index (χ0) is 35.4. The number of benzene rings is 2. The van der Waals surface area contributed by atoms with Crippen LogP contribution >= 0.6 is 22.9 Å². The van der Waals surface area contributed by atoms with E-state index in [1.807, 2.05) is 6.07 Å². The highest BCUT2D eigenvalue weighted by atomic mass is 35.5. The quantitative estimate of drug-likeness (QED) is 0.212. The number of anilines is 2. The van der Waals surface area contributed by atoms with Crippen LogP contribution in [0.2, 0.25) is 5.02 Å². The van der Waals surface area contributed by atoms with Gasteiger partial charge in [0, 0.05) is 62.8 Å². The molecule has 0 radical (unpaired) electrons. The number of hydrogen-bond donors (Lipinski definition) is 1. The maximum atomic E-state index is 16.9. The number of carbonyl (C=O) groups is 2. The number of alkyl halides is 1. The molecule has 2 aliphatic heterocycles. The number of fused-ring (bicyclic) bond motifs is 3. The molecular formula is C34H35ClF3N7O3S. The average molecular weight is 714 g/mol. The predicted molar refractivity (Wildman–Crippen MR) is 183 cm³/mol. The maximum Gasteiger partial charge on any atom is 0.319 e. The first-order valence-electron chi connectivity index (χ1n) is 15.9. The molecule has 2 aliphatic rings. The van der Waals surface area contributed by atoms with E-state index in [0.29, 0.717) is 19.4 Å². The summed E-state index contributed by atoms with van der Waals surface area (Å²) in [7, 11) is 3.14. The number of imide groups is 1. The van der Waals surface area contributed by atoms with Gasteiger partial charge in [-0.3, -0.25) is 19.4 Å². The molecule has 10 nitrogen and oxygen atoms in total. The summed E-state index contributed by atoms with van der Waals surface area (Å²) in [4.78, 5) is 38.5. The number of amides is 2. The number of thiophene rings is 1. The Morgan fingerprint density at radius 3 is 2.78 bits per heavy atom. The summed E-state index contributed by atoms with van der Waals surface area (Å²) < 4.78 is 52.5. The average Bonchev–Trinajstić information content (AvgIpc) is 3.71. The van der Waals surface area contributed by atoms with Gasteiger partial charge in [-0.1, -0.05) is 24.6 Å². The molecule has 2 fully saturated rings. The highest BCUT2D eigenvalue weighted by molar-refractivity contribution is 7.23. The standard InChI is InChI=1S/C34H35ClF3N7O3S/c1-17(32(47)44(4)18(2)46)8-11-43(3)31-21-12-23(35)26(20-6-7-24(37)29-25(20)22(14-39)30(40)49-29)27(38)28(21)41-33(42-31)48-16-34-9-5-10-45(34)15-19(36)13-34/h6-7,12,17,19H,5,8-11,13,15-16,40H2,1-4H3/t17?,19-,34+/m1/s1. The fourth-order valence-corrected chi connectivity index (χ4v) is 8.26. The van der Waals surface area contributed by atoms with Crippen LogP contribution < -0.4 is 15.4 Å². The van der Waals surface area contributed by atoms with E-state index in [0.717, 1.165) is 35.6 Å². The van der Waals surface area contributed by atoms with Gasteiger partial charge in [0.2, 0.25) is 11.8 Å². The summed E-state index contributed by atoms with van der Waals surface area (Å²) >= 11 is 7.67. The van der Waals surface area contributed by atoms with Gasteiger partial charge in [0.1, 0.15) is 41.0 Å². The smallest absolute Gasteiger partial charge is 0.319 e. The van der Waals surface area contributed by atoms with Crippen molar-refractivity contribution in [3.05, 3.63) is 40.4 Å². The molecule has 4 aromatic rings. The monoisotopic (exact) mass is 713 g/mol. The second kappa shape index (κ2) is 13.3. The van der Waals surface area contributed by atoms with Crippen molar-refractivity contribution in [3.63, 3.8) is 0 Å². The van der Waals surface area contributed by atoms with Crippen molar-refractivity contribution in [2.45, 2.75) is 51.2 Å². The highest BCUT2D eigenvalue weighted by Gasteiger charge is 2.49. The van der Waals surface area contributed by atoms with Crippen molar-refractivity contribution in [1.29, 1.82) is 5.26 Å². The van der Waals surface area contributed by atoms with E-state index in [1.165, 1.54) is 32.2 Å². The van der Waals surface area contributed by atoms with E-state index in [4.69, 9.17) is 22.1 Å². The number of nitriles is 1. The maximum absolute atomic E-state index is 16.9. The van der Waals surface area contributed by atoms with Crippen LogP contribution in [-0.4, -0.2) is 83.6 Å². The van der Waals surface area contributed by atoms with Gasteiger partial charge in [-0.2, -0.15) is 15.2 Å². The van der Waals surface area contributed by atoms with Crippen LogP contribution in [0.1, 0.15) is 45.1 Å². The number of hydrogen-bond acceptors (Lipinski definition) is 10. The van der Waals surface area contributed by atoms with Crippen molar-refractivity contribution in [1.82, 2.24) is 19.8 Å². The fourth-order valence-electron chi connectivity index (χ4n) is 7.02. The molecular weight excluding hydrogens is 679 g/mol. The Morgan fingerprint density at radius 1 is 1.31 bits per heavy atom. The first kappa shape index (κ1) is 34.7. The van der Waals surface area contributed by atoms with Gasteiger partial charge in [-0.25, -0.2) is 13.2 Å². The molecule has 0 bridgehead atoms. The third kappa shape index (κ3) is 6.13. The zero-order valence-electron chi connectivity index (χ0n) is 27.4. The largest absolute Gasteiger partial charge is 0.461 e. The van der Waals surface area contributed by atoms with Crippen LogP contribution in [0.3, 0.4) is 0 Å². The van der Waals surface area contributed by atoms with E-state index in [-0.39, 0.29) is 84.5 Å². The van der Waals surface area contributed by atoms with Gasteiger partial charge in [-0.05, 0) is 43.5 Å². The SMILES string of the molecule is CC(=O)N(C)C(=O)C(C)CCN(C)c1nc(OC[C@@]23CCCN2C[C@H](F)C3)nc2c(F)c(-c3ccc(F)c4sc(N)c(C#N)c34)c(Cl)cc12. The van der Waals surface area contributed by atoms with E-state index < -0.39 is 29.3 Å². The molecule has 2 aromatic heterocycles. The van der Waals surface area contributed by atoms with Gasteiger partial charge in [0.05, 0.1) is 20.8 Å². The van der Waals surface area contributed by atoms with Crippen molar-refractivity contribution >= 4 is 66.6 Å². The lowest BCUT2D eigenvalue weighted by Gasteiger charge is -2.31. The summed E-state index contributed by atoms with van der Waals surface area (Å²) in [5.74, 6) is -2.41. The second-order valence-electron chi connectivity index (χ2n) is 12.9. The Bertz CT molecular complexity index is 2040. The van der Waals surface area contributed by atoms with Crippen LogP contribution in [0.5, 0.6) is 6.01 Å². The summed E-state index contributed by atoms with van der Waals surface area (Å²) in [5, 5.41) is 10.3. The minimum atomic E-state index is -0.978. The molecule has 0 aliphatic carbocycles. The van der Waals surface area contributed by atoms with Crippen LogP contribution in [0, 0.1) is 28.9 Å². The number of aromatic nitrogens is 2. The molecule has 1 unspecified atom stereocenters. The topological polar surface area (TPSA) is 129 Å². The van der Waals surface area contributed by atoms with Gasteiger partial charge in [0.15, 0.2) is 5.82 Å². The van der Waals surface area contributed by atoms with Gasteiger partial charge < -0.3 is 15.4 Å². The number of carbonyl (C=O) groups excluding carboxylic acids is 2. The minimum absolute atomic E-state index is 0.0133. The molecule has 4 heterocycles. The highest BCUT2D eigenvalue weighted by Crippen LogP contribution is 2.46. The molecule has 2 N–H and O–H groups in total. The summed E-state index contributed by atoms with van der Waals surface area (Å²) in [6, 6.07) is 5.89. The molecule has 3 atom stereocenters. The Hall–Kier alpha value is -4.19. The van der Waals surface area contributed by atoms with Gasteiger partial charge in [-0.15, -0.1) is 11.3 Å². The van der Waals surface area contributed by atoms with Crippen molar-refractivity contribution in [3.8, 4) is 23.2 Å². The molecule has 0 saturated carbocycles. The Kier molecular flexibility index (Phi) is 9.38. The predicted octanol–water partition coefficient (Wildman–Crippen LogP) is 6.32. The Labute approximate surface area is 290 Å². The molecule has 6 rings (SSSR count). The van der Waals surface area contributed by atoms with Crippen molar-refractivity contribution in [2.24, 2.45) is 5.92 Å². The molecule has 258 valence electrons. The lowest BCUT2D eigenvalue weighted by Crippen LogP contribution is -2.43. The minimum Gasteiger partial charge on any atom is -0.461 e. The van der Waals surface area contributed by atoms with Crippen LogP contribution in [0.25, 0.3) is 32.1 Å². The van der Waals surface area contributed by atoms with E-state index in [2.05, 4.69) is 14.9 Å². The number of rotatable bonds is 9. The first-order chi connectivity index (χ1) is 23.3. The fraction of sp³-hybridized carbons (Fsp3) is 0.441. The summed E-state index contributed by atoms with van der Waals surface area (Å²) in [5.41, 5.74) is 5.47. The van der Waals surface area contributed by atoms with Crippen LogP contribution in [0.15, 0.2) is 18.2 Å². The molecule has 2 saturated heterocycles. The first-order valence-corrected chi connectivity index (χ1v) is 17.1. The molecule has 2 aromatic carbocycles. The lowest BCUT2D eigenvalue weighted by molar-refractivity contribution is -0.144. The van der Waals surface area contributed by atoms with E-state index in [9.17, 15) is 23.6 Å². The molecule has 2 amide bonds. The number of halogens is 4. The number of nitrogens with zero attached hydrogens (tertiary/aromatic N) is 6. The normalized spacial score (nSPS) is 19.6. The third-order valence-electron chi connectivity index (χ3n) is 9.76. The van der Waals surface area contributed by atoms with E-state index in [1.54, 1.807) is 18.9 Å². The molecule has 15 heteroatoms. The molecule has 0 spiro atoms. The van der Waals surface area contributed by atoms with Crippen LogP contribution in [-0.2, 0) is 9.59 Å². The summed E-state index contributed by atoms with van der Waals surface area (Å²) in [6.45, 7) is 4.50. The number of nitrogen functional groups attached to an aromatic ring is 1. The number of ether oxygens (including phenoxy) is 1. The molecule has 49 heavy (non-hydrogen) atoms. The Balaban J connectivity index is 1.45. The van der Waals surface area contributed by atoms with E-state index >= 15 is 4.39 Å². The van der Waals surface area contributed by atoms with Crippen molar-refractivity contribution in [2.75, 3.05) is 51.0 Å². The summed E-state index contributed by atoms with van der Waals surface area (Å²) in [6.07, 6.45) is 1.32. The van der Waals surface area contributed by atoms with Crippen molar-refractivity contribution < 1.29 is 27.5 Å². The number of nitrogens with two attached hydrogens (primary N) is 1. The Morgan fingerprint density at radius 2 is 2.06 bits per heavy atom. The van der Waals surface area contributed by atoms with Gasteiger partial charge in [0.25, 0.3) is 0 Å². The van der Waals surface area contributed by atoms with Gasteiger partial charge >= 0.3 is 6.01 Å². The van der Waals surface area contributed by atoms with Crippen LogP contribution in [0.4, 0.5) is 24.0 Å². The zero-order valence-corrected chi connectivity index (χ0v) is 29.0. The lowest BCUT2D eigenvalue weighted by atomic mass is 9.95. The second-order valence-corrected chi connectivity index (χ2v) is 14.4.